The molecule has 0 aliphatic rings. The van der Waals surface area contributed by atoms with Gasteiger partial charge in [-0.25, -0.2) is 9.78 Å². The summed E-state index contributed by atoms with van der Waals surface area (Å²) in [6.07, 6.45) is 1.92. The number of aliphatic imine (C=N–C) groups is 1. The second-order valence-corrected chi connectivity index (χ2v) is 9.12. The van der Waals surface area contributed by atoms with Gasteiger partial charge in [0.15, 0.2) is 5.96 Å². The van der Waals surface area contributed by atoms with Crippen molar-refractivity contribution in [2.45, 2.75) is 59.1 Å². The van der Waals surface area contributed by atoms with Crippen molar-refractivity contribution in [3.05, 3.63) is 41.8 Å². The van der Waals surface area contributed by atoms with E-state index in [4.69, 9.17) is 9.15 Å². The normalized spacial score (nSPS) is 12.4. The van der Waals surface area contributed by atoms with Gasteiger partial charge in [-0.15, -0.1) is 0 Å². The largest absolute Gasteiger partial charge is 0.444 e. The number of hydrogen-bond donors (Lipinski definition) is 3. The minimum atomic E-state index is -0.536. The van der Waals surface area contributed by atoms with Crippen molar-refractivity contribution in [1.29, 1.82) is 0 Å². The van der Waals surface area contributed by atoms with Crippen molar-refractivity contribution < 1.29 is 13.9 Å². The Labute approximate surface area is 184 Å². The van der Waals surface area contributed by atoms with Crippen LogP contribution >= 0.6 is 0 Å². The number of aryl methyl sites for hydroxylation is 1. The van der Waals surface area contributed by atoms with Gasteiger partial charge in [0.25, 0.3) is 0 Å². The fourth-order valence-corrected chi connectivity index (χ4v) is 2.71. The molecular weight excluding hydrogens is 394 g/mol. The number of hydrogen-bond acceptors (Lipinski definition) is 5. The number of guanidine groups is 1. The van der Waals surface area contributed by atoms with Crippen molar-refractivity contribution in [3.8, 4) is 11.5 Å². The van der Waals surface area contributed by atoms with Crippen LogP contribution in [0.15, 0.2) is 39.9 Å². The first-order valence-electron chi connectivity index (χ1n) is 10.4. The van der Waals surface area contributed by atoms with E-state index < -0.39 is 17.2 Å². The van der Waals surface area contributed by atoms with Crippen LogP contribution in [0, 0.1) is 6.92 Å². The molecule has 3 N–H and O–H groups in total. The van der Waals surface area contributed by atoms with E-state index in [9.17, 15) is 4.79 Å². The molecule has 0 spiro atoms. The summed E-state index contributed by atoms with van der Waals surface area (Å²) in [6.45, 7) is 12.5. The first-order valence-corrected chi connectivity index (χ1v) is 10.4. The quantitative estimate of drug-likeness (QED) is 0.459. The average Bonchev–Trinajstić information content (AvgIpc) is 3.12. The van der Waals surface area contributed by atoms with E-state index >= 15 is 0 Å². The van der Waals surface area contributed by atoms with Crippen LogP contribution in [0.1, 0.15) is 45.9 Å². The first kappa shape index (κ1) is 24.2. The van der Waals surface area contributed by atoms with Crippen molar-refractivity contribution in [2.24, 2.45) is 4.99 Å². The van der Waals surface area contributed by atoms with Crippen LogP contribution in [0.3, 0.4) is 0 Å². The molecule has 2 rings (SSSR count). The fraction of sp³-hybridized carbons (Fsp3) is 0.522. The van der Waals surface area contributed by atoms with E-state index in [2.05, 4.69) is 25.9 Å². The third kappa shape index (κ3) is 8.70. The second-order valence-electron chi connectivity index (χ2n) is 9.12. The molecule has 0 aliphatic heterocycles. The van der Waals surface area contributed by atoms with Crippen LogP contribution in [0.5, 0.6) is 0 Å². The van der Waals surface area contributed by atoms with E-state index in [1.807, 2.05) is 65.8 Å². The average molecular weight is 430 g/mol. The summed E-state index contributed by atoms with van der Waals surface area (Å²) in [6, 6.07) is 8.08. The zero-order valence-electron chi connectivity index (χ0n) is 19.6. The highest BCUT2D eigenvalue weighted by Gasteiger charge is 2.24. The van der Waals surface area contributed by atoms with Gasteiger partial charge in [-0.3, -0.25) is 4.99 Å². The molecule has 1 amide bonds. The Morgan fingerprint density at radius 2 is 1.81 bits per heavy atom. The minimum Gasteiger partial charge on any atom is -0.444 e. The summed E-state index contributed by atoms with van der Waals surface area (Å²) in [5.74, 6) is 1.26. The summed E-state index contributed by atoms with van der Waals surface area (Å²) < 4.78 is 10.9. The predicted octanol–water partition coefficient (Wildman–Crippen LogP) is 3.66. The molecule has 1 aromatic heterocycles. The maximum atomic E-state index is 12.0. The molecule has 1 aromatic carbocycles. The van der Waals surface area contributed by atoms with Crippen molar-refractivity contribution in [3.63, 3.8) is 0 Å². The highest BCUT2D eigenvalue weighted by molar-refractivity contribution is 5.79. The molecule has 0 unspecified atom stereocenters. The number of amides is 1. The van der Waals surface area contributed by atoms with Crippen LogP contribution < -0.4 is 16.0 Å². The van der Waals surface area contributed by atoms with Gasteiger partial charge in [0.2, 0.25) is 5.89 Å². The van der Waals surface area contributed by atoms with Crippen LogP contribution in [-0.4, -0.2) is 48.3 Å². The third-order valence-electron chi connectivity index (χ3n) is 4.28. The summed E-state index contributed by atoms with van der Waals surface area (Å²) >= 11 is 0. The fourth-order valence-electron chi connectivity index (χ4n) is 2.71. The number of carbonyl (C=O) groups excluding carboxylic acids is 1. The maximum absolute atomic E-state index is 12.0. The van der Waals surface area contributed by atoms with E-state index in [1.54, 1.807) is 13.3 Å². The number of aromatic nitrogens is 1. The van der Waals surface area contributed by atoms with Gasteiger partial charge >= 0.3 is 6.09 Å². The lowest BCUT2D eigenvalue weighted by atomic mass is 10.1. The standard InChI is InChI=1S/C23H35N5O3/c1-16-8-10-17(11-9-16)19-27-18(14-30-19)12-13-25-20(24-7)26-15-23(5,6)28-21(29)31-22(2,3)4/h8-11,14H,12-13,15H2,1-7H3,(H,28,29)(H2,24,25,26). The number of nitrogens with one attached hydrogen (secondary N) is 3. The van der Waals surface area contributed by atoms with Crippen molar-refractivity contribution in [1.82, 2.24) is 20.9 Å². The molecule has 8 nitrogen and oxygen atoms in total. The predicted molar refractivity (Wildman–Crippen MR) is 123 cm³/mol. The van der Waals surface area contributed by atoms with Gasteiger partial charge in [-0.2, -0.15) is 0 Å². The molecular formula is C23H35N5O3. The highest BCUT2D eigenvalue weighted by atomic mass is 16.6. The molecule has 0 saturated heterocycles. The Bertz CT molecular complexity index is 879. The number of ether oxygens (including phenoxy) is 1. The number of benzene rings is 1. The van der Waals surface area contributed by atoms with Gasteiger partial charge in [-0.05, 0) is 53.7 Å². The molecule has 0 atom stereocenters. The molecule has 0 fully saturated rings. The van der Waals surface area contributed by atoms with Gasteiger partial charge in [0.05, 0.1) is 11.2 Å². The number of rotatable bonds is 7. The molecule has 170 valence electrons. The second kappa shape index (κ2) is 10.3. The Morgan fingerprint density at radius 3 is 2.42 bits per heavy atom. The molecule has 0 bridgehead atoms. The summed E-state index contributed by atoms with van der Waals surface area (Å²) in [5.41, 5.74) is 1.97. The van der Waals surface area contributed by atoms with Crippen molar-refractivity contribution >= 4 is 12.1 Å². The molecule has 0 saturated carbocycles. The number of oxazole rings is 1. The zero-order valence-corrected chi connectivity index (χ0v) is 19.6. The lowest BCUT2D eigenvalue weighted by Crippen LogP contribution is -2.54. The first-order chi connectivity index (χ1) is 14.5. The Hall–Kier alpha value is -3.03. The molecule has 2 aromatic rings. The van der Waals surface area contributed by atoms with E-state index in [0.717, 1.165) is 11.3 Å². The summed E-state index contributed by atoms with van der Waals surface area (Å²) in [4.78, 5) is 20.8. The smallest absolute Gasteiger partial charge is 0.408 e. The molecule has 0 aliphatic carbocycles. The minimum absolute atomic E-state index is 0.447. The number of carbonyl (C=O) groups is 1. The zero-order chi connectivity index (χ0) is 23.1. The number of alkyl carbamates (subject to hydrolysis) is 1. The summed E-state index contributed by atoms with van der Waals surface area (Å²) in [5, 5.41) is 9.34. The van der Waals surface area contributed by atoms with Gasteiger partial charge in [0, 0.05) is 32.1 Å². The van der Waals surface area contributed by atoms with Gasteiger partial charge in [-0.1, -0.05) is 17.7 Å². The Kier molecular flexibility index (Phi) is 8.08. The van der Waals surface area contributed by atoms with Crippen molar-refractivity contribution in [2.75, 3.05) is 20.1 Å². The topological polar surface area (TPSA) is 101 Å². The van der Waals surface area contributed by atoms with Gasteiger partial charge in [0.1, 0.15) is 11.9 Å². The Morgan fingerprint density at radius 1 is 1.13 bits per heavy atom. The molecule has 31 heavy (non-hydrogen) atoms. The molecule has 1 heterocycles. The van der Waals surface area contributed by atoms with Crippen LogP contribution in [0.25, 0.3) is 11.5 Å². The summed E-state index contributed by atoms with van der Waals surface area (Å²) in [7, 11) is 1.70. The van der Waals surface area contributed by atoms with Gasteiger partial charge < -0.3 is 25.1 Å². The molecule has 0 radical (unpaired) electrons. The van der Waals surface area contributed by atoms with Crippen LogP contribution in [-0.2, 0) is 11.2 Å². The Balaban J connectivity index is 1.78. The van der Waals surface area contributed by atoms with E-state index in [1.165, 1.54) is 5.56 Å². The monoisotopic (exact) mass is 429 g/mol. The van der Waals surface area contributed by atoms with Crippen LogP contribution in [0.2, 0.25) is 0 Å². The number of nitrogens with zero attached hydrogens (tertiary/aromatic N) is 2. The third-order valence-corrected chi connectivity index (χ3v) is 4.28. The van der Waals surface area contributed by atoms with Crippen LogP contribution in [0.4, 0.5) is 4.79 Å². The van der Waals surface area contributed by atoms with E-state index in [0.29, 0.717) is 31.4 Å². The highest BCUT2D eigenvalue weighted by Crippen LogP contribution is 2.19. The molecule has 8 heteroatoms. The SMILES string of the molecule is CN=C(NCCc1coc(-c2ccc(C)cc2)n1)NCC(C)(C)NC(=O)OC(C)(C)C. The lowest BCUT2D eigenvalue weighted by Gasteiger charge is -2.29. The lowest BCUT2D eigenvalue weighted by molar-refractivity contribution is 0.0474. The van der Waals surface area contributed by atoms with E-state index in [-0.39, 0.29) is 0 Å². The maximum Gasteiger partial charge on any atom is 0.408 e.